The average molecular weight is 371 g/mol. The molecule has 0 N–H and O–H groups in total. The zero-order valence-electron chi connectivity index (χ0n) is 18.0. The van der Waals surface area contributed by atoms with E-state index in [1.165, 1.54) is 94.8 Å². The lowest BCUT2D eigenvalue weighted by molar-refractivity contribution is 0.388. The number of nitrogens with zero attached hydrogens (tertiary/aromatic N) is 2. The first-order chi connectivity index (χ1) is 13.3. The molecule has 1 aliphatic heterocycles. The van der Waals surface area contributed by atoms with Crippen molar-refractivity contribution >= 4 is 5.69 Å². The molecule has 0 amide bonds. The predicted octanol–water partition coefficient (Wildman–Crippen LogP) is 7.50. The fourth-order valence-corrected chi connectivity index (χ4v) is 3.86. The lowest BCUT2D eigenvalue weighted by atomic mass is 10.1. The van der Waals surface area contributed by atoms with E-state index in [0.717, 1.165) is 13.1 Å². The molecular weight excluding hydrogens is 328 g/mol. The van der Waals surface area contributed by atoms with Crippen LogP contribution in [0.2, 0.25) is 0 Å². The molecule has 2 heteroatoms. The van der Waals surface area contributed by atoms with E-state index in [1.807, 2.05) is 0 Å². The molecule has 1 heterocycles. The zero-order chi connectivity index (χ0) is 19.2. The second-order valence-electron chi connectivity index (χ2n) is 8.13. The molecule has 152 valence electrons. The van der Waals surface area contributed by atoms with Gasteiger partial charge in [0.1, 0.15) is 0 Å². The van der Waals surface area contributed by atoms with Crippen LogP contribution in [0, 0.1) is 0 Å². The van der Waals surface area contributed by atoms with Crippen LogP contribution in [0.3, 0.4) is 0 Å². The highest BCUT2D eigenvalue weighted by molar-refractivity contribution is 5.51. The SMILES string of the molecule is CCCCCCCCCCCCCCN1C=CN(c2ccc(CC)cc2)C1. The highest BCUT2D eigenvalue weighted by Gasteiger charge is 2.13. The van der Waals surface area contributed by atoms with Crippen molar-refractivity contribution in [3.63, 3.8) is 0 Å². The van der Waals surface area contributed by atoms with Gasteiger partial charge in [0.05, 0.1) is 6.67 Å². The molecule has 27 heavy (non-hydrogen) atoms. The van der Waals surface area contributed by atoms with Crippen molar-refractivity contribution in [2.45, 2.75) is 97.3 Å². The zero-order valence-corrected chi connectivity index (χ0v) is 18.0. The molecule has 0 spiro atoms. The highest BCUT2D eigenvalue weighted by Crippen LogP contribution is 2.20. The van der Waals surface area contributed by atoms with E-state index in [9.17, 15) is 0 Å². The normalized spacial score (nSPS) is 13.7. The van der Waals surface area contributed by atoms with E-state index in [2.05, 4.69) is 60.3 Å². The molecule has 0 aliphatic carbocycles. The molecule has 1 aromatic carbocycles. The summed E-state index contributed by atoms with van der Waals surface area (Å²) in [6.45, 7) is 6.70. The van der Waals surface area contributed by atoms with E-state index in [-0.39, 0.29) is 0 Å². The van der Waals surface area contributed by atoms with E-state index in [0.29, 0.717) is 0 Å². The molecule has 1 aliphatic rings. The van der Waals surface area contributed by atoms with Gasteiger partial charge in [-0.3, -0.25) is 0 Å². The third-order valence-electron chi connectivity index (χ3n) is 5.77. The van der Waals surface area contributed by atoms with Crippen molar-refractivity contribution in [3.05, 3.63) is 42.2 Å². The average Bonchev–Trinajstić information content (AvgIpc) is 3.18. The summed E-state index contributed by atoms with van der Waals surface area (Å²) in [5.41, 5.74) is 2.72. The van der Waals surface area contributed by atoms with Gasteiger partial charge in [0.2, 0.25) is 0 Å². The Hall–Kier alpha value is -1.44. The van der Waals surface area contributed by atoms with Crippen LogP contribution >= 0.6 is 0 Å². The molecule has 0 fully saturated rings. The van der Waals surface area contributed by atoms with Crippen LogP contribution in [0.5, 0.6) is 0 Å². The molecule has 0 radical (unpaired) electrons. The molecule has 0 unspecified atom stereocenters. The van der Waals surface area contributed by atoms with Crippen LogP contribution in [0.4, 0.5) is 5.69 Å². The van der Waals surface area contributed by atoms with Gasteiger partial charge >= 0.3 is 0 Å². The van der Waals surface area contributed by atoms with Crippen LogP contribution in [0.1, 0.15) is 96.5 Å². The number of benzene rings is 1. The summed E-state index contributed by atoms with van der Waals surface area (Å²) in [5.74, 6) is 0. The maximum atomic E-state index is 2.45. The molecule has 2 rings (SSSR count). The summed E-state index contributed by atoms with van der Waals surface area (Å²) < 4.78 is 0. The number of unbranched alkanes of at least 4 members (excludes halogenated alkanes) is 11. The largest absolute Gasteiger partial charge is 0.358 e. The minimum atomic E-state index is 1.00. The van der Waals surface area contributed by atoms with Gasteiger partial charge in [-0.15, -0.1) is 0 Å². The minimum absolute atomic E-state index is 1.00. The van der Waals surface area contributed by atoms with Crippen LogP contribution in [-0.2, 0) is 6.42 Å². The molecule has 1 aromatic rings. The van der Waals surface area contributed by atoms with Crippen molar-refractivity contribution in [2.75, 3.05) is 18.1 Å². The second-order valence-corrected chi connectivity index (χ2v) is 8.13. The standard InChI is InChI=1S/C25H42N2/c1-3-5-6-7-8-9-10-11-12-13-14-15-20-26-21-22-27(23-26)25-18-16-24(4-2)17-19-25/h16-19,21-22H,3-15,20,23H2,1-2H3. The van der Waals surface area contributed by atoms with Crippen molar-refractivity contribution < 1.29 is 0 Å². The van der Waals surface area contributed by atoms with Gasteiger partial charge in [-0.2, -0.15) is 0 Å². The van der Waals surface area contributed by atoms with Gasteiger partial charge < -0.3 is 9.80 Å². The van der Waals surface area contributed by atoms with Crippen molar-refractivity contribution in [1.29, 1.82) is 0 Å². The Bertz CT molecular complexity index is 506. The van der Waals surface area contributed by atoms with Crippen molar-refractivity contribution in [2.24, 2.45) is 0 Å². The van der Waals surface area contributed by atoms with Crippen LogP contribution in [0.25, 0.3) is 0 Å². The topological polar surface area (TPSA) is 6.48 Å². The molecule has 0 bridgehead atoms. The summed E-state index contributed by atoms with van der Waals surface area (Å²) >= 11 is 0. The van der Waals surface area contributed by atoms with Gasteiger partial charge in [-0.05, 0) is 30.5 Å². The summed E-state index contributed by atoms with van der Waals surface area (Å²) in [7, 11) is 0. The first-order valence-corrected chi connectivity index (χ1v) is 11.6. The summed E-state index contributed by atoms with van der Waals surface area (Å²) in [6, 6.07) is 8.99. The lowest BCUT2D eigenvalue weighted by Gasteiger charge is -2.21. The van der Waals surface area contributed by atoms with Crippen molar-refractivity contribution in [3.8, 4) is 0 Å². The first-order valence-electron chi connectivity index (χ1n) is 11.6. The number of hydrogen-bond acceptors (Lipinski definition) is 2. The van der Waals surface area contributed by atoms with Crippen molar-refractivity contribution in [1.82, 2.24) is 4.90 Å². The number of rotatable bonds is 15. The van der Waals surface area contributed by atoms with Crippen LogP contribution < -0.4 is 4.90 Å². The smallest absolute Gasteiger partial charge is 0.0941 e. The van der Waals surface area contributed by atoms with Gasteiger partial charge in [0.15, 0.2) is 0 Å². The monoisotopic (exact) mass is 370 g/mol. The highest BCUT2D eigenvalue weighted by atomic mass is 15.3. The summed E-state index contributed by atoms with van der Waals surface area (Å²) in [6.07, 6.45) is 22.6. The van der Waals surface area contributed by atoms with E-state index in [4.69, 9.17) is 0 Å². The lowest BCUT2D eigenvalue weighted by Crippen LogP contribution is -2.25. The Labute approximate surface area is 168 Å². The number of aryl methyl sites for hydroxylation is 1. The Balaban J connectivity index is 1.43. The first kappa shape index (κ1) is 21.9. The molecule has 2 nitrogen and oxygen atoms in total. The number of hydrogen-bond donors (Lipinski definition) is 0. The Morgan fingerprint density at radius 2 is 1.22 bits per heavy atom. The van der Waals surface area contributed by atoms with Gasteiger partial charge in [-0.25, -0.2) is 0 Å². The third-order valence-corrected chi connectivity index (χ3v) is 5.77. The summed E-state index contributed by atoms with van der Waals surface area (Å²) in [5, 5.41) is 0. The minimum Gasteiger partial charge on any atom is -0.358 e. The van der Waals surface area contributed by atoms with E-state index < -0.39 is 0 Å². The fourth-order valence-electron chi connectivity index (χ4n) is 3.86. The second kappa shape index (κ2) is 13.7. The van der Waals surface area contributed by atoms with Gasteiger partial charge in [0.25, 0.3) is 0 Å². The fraction of sp³-hybridized carbons (Fsp3) is 0.680. The quantitative estimate of drug-likeness (QED) is 0.295. The van der Waals surface area contributed by atoms with Gasteiger partial charge in [-0.1, -0.05) is 96.6 Å². The predicted molar refractivity (Wildman–Crippen MR) is 120 cm³/mol. The van der Waals surface area contributed by atoms with E-state index in [1.54, 1.807) is 0 Å². The van der Waals surface area contributed by atoms with Gasteiger partial charge in [0, 0.05) is 24.6 Å². The molecule has 0 saturated carbocycles. The molecule has 0 atom stereocenters. The maximum Gasteiger partial charge on any atom is 0.0941 e. The third kappa shape index (κ3) is 8.86. The van der Waals surface area contributed by atoms with Crippen LogP contribution in [0.15, 0.2) is 36.7 Å². The Morgan fingerprint density at radius 1 is 0.667 bits per heavy atom. The molecular formula is C25H42N2. The Kier molecular flexibility index (Phi) is 11.1. The number of anilines is 1. The van der Waals surface area contributed by atoms with Crippen LogP contribution in [-0.4, -0.2) is 18.1 Å². The maximum absolute atomic E-state index is 2.45. The summed E-state index contributed by atoms with van der Waals surface area (Å²) in [4.78, 5) is 4.80. The molecule has 0 aromatic heterocycles. The Morgan fingerprint density at radius 3 is 1.78 bits per heavy atom. The van der Waals surface area contributed by atoms with E-state index >= 15 is 0 Å². The molecule has 0 saturated heterocycles.